The summed E-state index contributed by atoms with van der Waals surface area (Å²) >= 11 is 11.9. The molecule has 0 saturated heterocycles. The molecule has 0 aliphatic heterocycles. The number of carbonyl (C=O) groups excluding carboxylic acids is 1. The van der Waals surface area contributed by atoms with Gasteiger partial charge in [0, 0.05) is 5.56 Å². The van der Waals surface area contributed by atoms with Gasteiger partial charge >= 0.3 is 0 Å². The van der Waals surface area contributed by atoms with Gasteiger partial charge in [0.05, 0.1) is 31.5 Å². The van der Waals surface area contributed by atoms with Crippen molar-refractivity contribution in [3.8, 4) is 17.3 Å². The number of pyridine rings is 1. The number of ether oxygens (including phenoxy) is 2. The molecule has 4 aromatic rings. The molecule has 3 aromatic heterocycles. The maximum atomic E-state index is 12.7. The molecule has 0 aliphatic carbocycles. The van der Waals surface area contributed by atoms with Crippen LogP contribution in [0.15, 0.2) is 53.3 Å². The Morgan fingerprint density at radius 3 is 2.51 bits per heavy atom. The fourth-order valence-corrected chi connectivity index (χ4v) is 5.20. The van der Waals surface area contributed by atoms with Crippen LogP contribution in [0.2, 0.25) is 0 Å². The van der Waals surface area contributed by atoms with E-state index < -0.39 is 11.6 Å². The largest absolute Gasteiger partial charge is 0.496 e. The average molecular weight is 539 g/mol. The summed E-state index contributed by atoms with van der Waals surface area (Å²) in [5, 5.41) is 0. The highest BCUT2D eigenvalue weighted by Crippen LogP contribution is 2.32. The van der Waals surface area contributed by atoms with Gasteiger partial charge in [-0.3, -0.25) is 9.36 Å². The number of Topliss-reactive ketones (excluding diaryl/α,β-unsaturated/α-hetero) is 1. The molecule has 0 radical (unpaired) electrons. The van der Waals surface area contributed by atoms with Crippen molar-refractivity contribution in [3.05, 3.63) is 63.8 Å². The van der Waals surface area contributed by atoms with Gasteiger partial charge in [-0.05, 0) is 65.0 Å². The summed E-state index contributed by atoms with van der Waals surface area (Å²) in [6.07, 6.45) is 2.58. The minimum Gasteiger partial charge on any atom is -0.496 e. The average Bonchev–Trinajstić information content (AvgIpc) is 3.40. The predicted octanol–water partition coefficient (Wildman–Crippen LogP) is 6.45. The van der Waals surface area contributed by atoms with Gasteiger partial charge in [-0.15, -0.1) is 0 Å². The minimum atomic E-state index is -0.996. The summed E-state index contributed by atoms with van der Waals surface area (Å²) in [5.74, 6) is 1.01. The Labute approximate surface area is 225 Å². The minimum absolute atomic E-state index is 0.0656. The Hall–Kier alpha value is -3.21. The number of rotatable bonds is 9. The number of para-hydroxylation sites is 1. The van der Waals surface area contributed by atoms with Crippen LogP contribution in [-0.4, -0.2) is 38.1 Å². The molecule has 0 bridgehead atoms. The first-order valence-corrected chi connectivity index (χ1v) is 12.7. The number of fused-ring (bicyclic) bond motifs is 1. The second-order valence-electron chi connectivity index (χ2n) is 9.47. The fourth-order valence-electron chi connectivity index (χ4n) is 4.18. The molecule has 0 spiro atoms. The van der Waals surface area contributed by atoms with Crippen molar-refractivity contribution in [2.24, 2.45) is 0 Å². The Kier molecular flexibility index (Phi) is 7.72. The zero-order valence-corrected chi connectivity index (χ0v) is 23.4. The lowest BCUT2D eigenvalue weighted by atomic mass is 10.00. The summed E-state index contributed by atoms with van der Waals surface area (Å²) in [6, 6.07) is 11.5. The molecule has 0 amide bonds. The highest BCUT2D eigenvalue weighted by molar-refractivity contribution is 7.72. The summed E-state index contributed by atoms with van der Waals surface area (Å²) in [4.78, 5) is 21.8. The van der Waals surface area contributed by atoms with Crippen molar-refractivity contribution in [3.63, 3.8) is 0 Å². The van der Waals surface area contributed by atoms with Crippen LogP contribution in [0.4, 0.5) is 0 Å². The van der Waals surface area contributed by atoms with E-state index in [2.05, 4.69) is 4.98 Å². The first kappa shape index (κ1) is 26.8. The lowest BCUT2D eigenvalue weighted by Gasteiger charge is -2.30. The third-order valence-electron chi connectivity index (χ3n) is 6.34. The van der Waals surface area contributed by atoms with E-state index in [9.17, 15) is 4.79 Å². The Morgan fingerprint density at radius 2 is 1.89 bits per heavy atom. The molecule has 0 fully saturated rings. The summed E-state index contributed by atoms with van der Waals surface area (Å²) in [7, 11) is 1.63. The number of oxazole rings is 1. The number of aromatic nitrogens is 4. The Morgan fingerprint density at radius 1 is 1.16 bits per heavy atom. The van der Waals surface area contributed by atoms with Crippen LogP contribution in [0, 0.1) is 9.41 Å². The van der Waals surface area contributed by atoms with E-state index in [0.29, 0.717) is 44.3 Å². The number of ketones is 1. The standard InChI is InChI=1S/C27H30N4O4S2/c1-16(2)35-22(18-9-7-8-10-21(18)33-6)15-30-20-12-11-19(24-28-13-14-34-24)29-23(20)25(36)31(26(30)37)27(4,5)17(3)32/h7-14,16,22H,15H2,1-6H3/t22-/m0/s1. The molecule has 194 valence electrons. The second kappa shape index (κ2) is 10.6. The third kappa shape index (κ3) is 5.14. The van der Waals surface area contributed by atoms with Crippen LogP contribution < -0.4 is 4.74 Å². The number of nitrogens with zero attached hydrogens (tertiary/aromatic N) is 4. The number of carbonyl (C=O) groups is 1. The van der Waals surface area contributed by atoms with Crippen molar-refractivity contribution in [1.82, 2.24) is 19.1 Å². The van der Waals surface area contributed by atoms with E-state index in [1.165, 1.54) is 13.2 Å². The van der Waals surface area contributed by atoms with Gasteiger partial charge in [0.2, 0.25) is 5.89 Å². The van der Waals surface area contributed by atoms with Gasteiger partial charge in [-0.2, -0.15) is 0 Å². The highest BCUT2D eigenvalue weighted by Gasteiger charge is 2.30. The van der Waals surface area contributed by atoms with Crippen molar-refractivity contribution in [2.45, 2.75) is 58.9 Å². The number of hydrogen-bond acceptors (Lipinski definition) is 8. The first-order chi connectivity index (χ1) is 17.6. The van der Waals surface area contributed by atoms with Gasteiger partial charge in [0.15, 0.2) is 10.6 Å². The Balaban J connectivity index is 2.01. The zero-order valence-electron chi connectivity index (χ0n) is 21.7. The quantitative estimate of drug-likeness (QED) is 0.225. The molecule has 0 N–H and O–H groups in total. The highest BCUT2D eigenvalue weighted by atomic mass is 32.1. The topological polar surface area (TPSA) is 84.3 Å². The van der Waals surface area contributed by atoms with Gasteiger partial charge in [-0.1, -0.05) is 30.4 Å². The van der Waals surface area contributed by atoms with Crippen LogP contribution in [0.1, 0.15) is 46.3 Å². The van der Waals surface area contributed by atoms with Crippen LogP contribution >= 0.6 is 24.4 Å². The number of benzene rings is 1. The van der Waals surface area contributed by atoms with Crippen molar-refractivity contribution in [1.29, 1.82) is 0 Å². The number of methoxy groups -OCH3 is 1. The smallest absolute Gasteiger partial charge is 0.245 e. The predicted molar refractivity (Wildman–Crippen MR) is 147 cm³/mol. The molecule has 10 heteroatoms. The van der Waals surface area contributed by atoms with Gasteiger partial charge in [-0.25, -0.2) is 9.97 Å². The van der Waals surface area contributed by atoms with Crippen molar-refractivity contribution in [2.75, 3.05) is 7.11 Å². The molecule has 8 nitrogen and oxygen atoms in total. The molecule has 4 rings (SSSR count). The van der Waals surface area contributed by atoms with E-state index in [0.717, 1.165) is 5.56 Å². The lowest BCUT2D eigenvalue weighted by Crippen LogP contribution is -2.37. The molecule has 1 aromatic carbocycles. The molecule has 3 heterocycles. The molecule has 1 atom stereocenters. The van der Waals surface area contributed by atoms with E-state index in [4.69, 9.17) is 43.3 Å². The van der Waals surface area contributed by atoms with E-state index in [-0.39, 0.29) is 11.9 Å². The molecule has 37 heavy (non-hydrogen) atoms. The second-order valence-corrected chi connectivity index (χ2v) is 10.2. The van der Waals surface area contributed by atoms with Crippen molar-refractivity contribution < 1.29 is 18.7 Å². The summed E-state index contributed by atoms with van der Waals surface area (Å²) in [6.45, 7) is 9.44. The summed E-state index contributed by atoms with van der Waals surface area (Å²) < 4.78 is 21.9. The van der Waals surface area contributed by atoms with Crippen LogP contribution in [0.25, 0.3) is 22.6 Å². The third-order valence-corrected chi connectivity index (χ3v) is 7.11. The van der Waals surface area contributed by atoms with Gasteiger partial charge in [0.1, 0.15) is 39.5 Å². The molecule has 0 saturated carbocycles. The van der Waals surface area contributed by atoms with E-state index in [1.54, 1.807) is 31.7 Å². The van der Waals surface area contributed by atoms with E-state index >= 15 is 0 Å². The molecular weight excluding hydrogens is 508 g/mol. The fraction of sp³-hybridized carbons (Fsp3) is 0.370. The molecular formula is C27H30N4O4S2. The maximum Gasteiger partial charge on any atom is 0.245 e. The van der Waals surface area contributed by atoms with Crippen molar-refractivity contribution >= 4 is 41.3 Å². The zero-order chi connectivity index (χ0) is 26.9. The molecule has 0 aliphatic rings. The van der Waals surface area contributed by atoms with Crippen LogP contribution in [0.3, 0.4) is 0 Å². The van der Waals surface area contributed by atoms with Crippen LogP contribution in [0.5, 0.6) is 5.75 Å². The SMILES string of the molecule is COc1ccccc1[C@H](Cn1c(=S)n(C(C)(C)C(C)=O)c(=S)c2nc(-c3ncco3)ccc21)OC(C)C. The summed E-state index contributed by atoms with van der Waals surface area (Å²) in [5.41, 5.74) is 1.64. The molecule has 0 unspecified atom stereocenters. The first-order valence-electron chi connectivity index (χ1n) is 11.9. The monoisotopic (exact) mass is 538 g/mol. The normalized spacial score (nSPS) is 12.7. The number of hydrogen-bond donors (Lipinski definition) is 0. The van der Waals surface area contributed by atoms with Gasteiger partial charge in [0.25, 0.3) is 0 Å². The lowest BCUT2D eigenvalue weighted by molar-refractivity contribution is -0.124. The Bertz CT molecular complexity index is 1560. The maximum absolute atomic E-state index is 12.7. The van der Waals surface area contributed by atoms with Gasteiger partial charge < -0.3 is 18.5 Å². The van der Waals surface area contributed by atoms with Crippen LogP contribution in [-0.2, 0) is 21.6 Å². The van der Waals surface area contributed by atoms with E-state index in [1.807, 2.05) is 54.8 Å².